The number of rotatable bonds is 6. The topological polar surface area (TPSA) is 38.3 Å². The summed E-state index contributed by atoms with van der Waals surface area (Å²) in [6.07, 6.45) is 3.27. The van der Waals surface area contributed by atoms with Crippen LogP contribution < -0.4 is 10.1 Å². The van der Waals surface area contributed by atoms with E-state index in [2.05, 4.69) is 28.2 Å². The summed E-state index contributed by atoms with van der Waals surface area (Å²) in [4.78, 5) is 12.1. The first-order valence-electron chi connectivity index (χ1n) is 6.22. The largest absolute Gasteiger partial charge is 0.497 e. The normalized spacial score (nSPS) is 12.0. The molecule has 1 rings (SSSR count). The van der Waals surface area contributed by atoms with Crippen molar-refractivity contribution in [3.8, 4) is 5.75 Å². The number of unbranched alkanes of at least 4 members (excludes halogenated alkanes) is 1. The van der Waals surface area contributed by atoms with Crippen molar-refractivity contribution in [3.05, 3.63) is 28.2 Å². The molecule has 0 saturated carbocycles. The van der Waals surface area contributed by atoms with Crippen molar-refractivity contribution in [2.24, 2.45) is 0 Å². The first kappa shape index (κ1) is 15.0. The number of halogens is 1. The van der Waals surface area contributed by atoms with Gasteiger partial charge in [-0.25, -0.2) is 0 Å². The molecule has 1 aromatic carbocycles. The number of carbonyl (C=O) groups is 1. The minimum atomic E-state index is -0.0654. The maximum Gasteiger partial charge on any atom is 0.252 e. The lowest BCUT2D eigenvalue weighted by molar-refractivity contribution is 0.0937. The van der Waals surface area contributed by atoms with E-state index in [1.54, 1.807) is 13.2 Å². The van der Waals surface area contributed by atoms with E-state index < -0.39 is 0 Å². The summed E-state index contributed by atoms with van der Waals surface area (Å²) < 4.78 is 5.91. The third-order valence-corrected chi connectivity index (χ3v) is 3.48. The summed E-state index contributed by atoms with van der Waals surface area (Å²) in [5.41, 5.74) is 0.609. The Bertz CT molecular complexity index is 407. The molecule has 1 N–H and O–H groups in total. The zero-order valence-electron chi connectivity index (χ0n) is 11.1. The molecule has 0 aliphatic carbocycles. The Labute approximate surface area is 117 Å². The van der Waals surface area contributed by atoms with Crippen LogP contribution in [0.4, 0.5) is 0 Å². The zero-order valence-corrected chi connectivity index (χ0v) is 12.7. The molecule has 0 saturated heterocycles. The zero-order chi connectivity index (χ0) is 13.5. The lowest BCUT2D eigenvalue weighted by Crippen LogP contribution is -2.32. The maximum absolute atomic E-state index is 12.1. The van der Waals surface area contributed by atoms with Crippen molar-refractivity contribution in [1.29, 1.82) is 0 Å². The van der Waals surface area contributed by atoms with Crippen molar-refractivity contribution in [1.82, 2.24) is 5.32 Å². The highest BCUT2D eigenvalue weighted by Crippen LogP contribution is 2.22. The molecule has 0 radical (unpaired) electrons. The number of hydrogen-bond acceptors (Lipinski definition) is 2. The van der Waals surface area contributed by atoms with Gasteiger partial charge in [0.2, 0.25) is 0 Å². The van der Waals surface area contributed by atoms with Gasteiger partial charge in [-0.1, -0.05) is 19.8 Å². The van der Waals surface area contributed by atoms with Gasteiger partial charge in [0.1, 0.15) is 5.75 Å². The van der Waals surface area contributed by atoms with E-state index >= 15 is 0 Å². The summed E-state index contributed by atoms with van der Waals surface area (Å²) in [6.45, 7) is 4.18. The van der Waals surface area contributed by atoms with Crippen molar-refractivity contribution in [3.63, 3.8) is 0 Å². The van der Waals surface area contributed by atoms with E-state index in [1.165, 1.54) is 0 Å². The van der Waals surface area contributed by atoms with Gasteiger partial charge in [-0.15, -0.1) is 0 Å². The molecular formula is C14H20BrNO2. The SMILES string of the molecule is CCCCC(C)NC(=O)c1cc(OC)ccc1Br. The van der Waals surface area contributed by atoms with E-state index in [0.29, 0.717) is 11.3 Å². The fourth-order valence-electron chi connectivity index (χ4n) is 1.69. The van der Waals surface area contributed by atoms with Crippen LogP contribution in [0.15, 0.2) is 22.7 Å². The van der Waals surface area contributed by atoms with Gasteiger partial charge in [0.15, 0.2) is 0 Å². The molecule has 18 heavy (non-hydrogen) atoms. The molecule has 1 unspecified atom stereocenters. The van der Waals surface area contributed by atoms with Crippen molar-refractivity contribution in [2.75, 3.05) is 7.11 Å². The molecule has 0 bridgehead atoms. The Morgan fingerprint density at radius 1 is 1.50 bits per heavy atom. The molecule has 1 amide bonds. The lowest BCUT2D eigenvalue weighted by Gasteiger charge is -2.14. The highest BCUT2D eigenvalue weighted by molar-refractivity contribution is 9.10. The van der Waals surface area contributed by atoms with Crippen LogP contribution in [0, 0.1) is 0 Å². The second kappa shape index (κ2) is 7.41. The molecule has 1 aromatic rings. The van der Waals surface area contributed by atoms with Gasteiger partial charge >= 0.3 is 0 Å². The van der Waals surface area contributed by atoms with Crippen molar-refractivity contribution >= 4 is 21.8 Å². The van der Waals surface area contributed by atoms with Gasteiger partial charge in [0.25, 0.3) is 5.91 Å². The fourth-order valence-corrected chi connectivity index (χ4v) is 2.12. The van der Waals surface area contributed by atoms with Crippen LogP contribution >= 0.6 is 15.9 Å². The van der Waals surface area contributed by atoms with E-state index in [4.69, 9.17) is 4.74 Å². The average Bonchev–Trinajstić information content (AvgIpc) is 2.36. The number of ether oxygens (including phenoxy) is 1. The van der Waals surface area contributed by atoms with Crippen LogP contribution in [-0.4, -0.2) is 19.1 Å². The quantitative estimate of drug-likeness (QED) is 0.868. The minimum Gasteiger partial charge on any atom is -0.497 e. The molecule has 100 valence electrons. The monoisotopic (exact) mass is 313 g/mol. The van der Waals surface area contributed by atoms with Crippen molar-refractivity contribution < 1.29 is 9.53 Å². The standard InChI is InChI=1S/C14H20BrNO2/c1-4-5-6-10(2)16-14(17)12-9-11(18-3)7-8-13(12)15/h7-10H,4-6H2,1-3H3,(H,16,17). The Balaban J connectivity index is 2.71. The minimum absolute atomic E-state index is 0.0654. The summed E-state index contributed by atoms with van der Waals surface area (Å²) in [7, 11) is 1.59. The van der Waals surface area contributed by atoms with Crippen LogP contribution in [0.3, 0.4) is 0 Å². The number of nitrogens with one attached hydrogen (secondary N) is 1. The van der Waals surface area contributed by atoms with Crippen LogP contribution in [0.2, 0.25) is 0 Å². The smallest absolute Gasteiger partial charge is 0.252 e. The van der Waals surface area contributed by atoms with Crippen LogP contribution in [0.5, 0.6) is 5.75 Å². The average molecular weight is 314 g/mol. The van der Waals surface area contributed by atoms with Crippen molar-refractivity contribution in [2.45, 2.75) is 39.2 Å². The molecule has 4 heteroatoms. The van der Waals surface area contributed by atoms with Gasteiger partial charge in [-0.3, -0.25) is 4.79 Å². The molecule has 0 spiro atoms. The molecule has 0 aliphatic rings. The van der Waals surface area contributed by atoms with Gasteiger partial charge < -0.3 is 10.1 Å². The Morgan fingerprint density at radius 2 is 2.22 bits per heavy atom. The number of hydrogen-bond donors (Lipinski definition) is 1. The van der Waals surface area contributed by atoms with Gasteiger partial charge in [0, 0.05) is 10.5 Å². The summed E-state index contributed by atoms with van der Waals surface area (Å²) in [5.74, 6) is 0.619. The van der Waals surface area contributed by atoms with E-state index in [1.807, 2.05) is 19.1 Å². The van der Waals surface area contributed by atoms with Crippen LogP contribution in [-0.2, 0) is 0 Å². The molecule has 0 aromatic heterocycles. The second-order valence-electron chi connectivity index (χ2n) is 4.36. The highest BCUT2D eigenvalue weighted by Gasteiger charge is 2.13. The molecule has 0 heterocycles. The maximum atomic E-state index is 12.1. The first-order chi connectivity index (χ1) is 8.58. The van der Waals surface area contributed by atoms with E-state index in [-0.39, 0.29) is 11.9 Å². The first-order valence-corrected chi connectivity index (χ1v) is 7.02. The van der Waals surface area contributed by atoms with Gasteiger partial charge in [0.05, 0.1) is 12.7 Å². The van der Waals surface area contributed by atoms with Gasteiger partial charge in [-0.05, 0) is 47.5 Å². The molecule has 3 nitrogen and oxygen atoms in total. The molecular weight excluding hydrogens is 294 g/mol. The third-order valence-electron chi connectivity index (χ3n) is 2.79. The van der Waals surface area contributed by atoms with Crippen LogP contribution in [0.1, 0.15) is 43.5 Å². The summed E-state index contributed by atoms with van der Waals surface area (Å²) >= 11 is 3.39. The second-order valence-corrected chi connectivity index (χ2v) is 5.22. The Hall–Kier alpha value is -1.03. The Kier molecular flexibility index (Phi) is 6.19. The number of carbonyl (C=O) groups excluding carboxylic acids is 1. The summed E-state index contributed by atoms with van der Waals surface area (Å²) in [6, 6.07) is 5.58. The van der Waals surface area contributed by atoms with Gasteiger partial charge in [-0.2, -0.15) is 0 Å². The lowest BCUT2D eigenvalue weighted by atomic mass is 10.1. The predicted octanol–water partition coefficient (Wildman–Crippen LogP) is 3.77. The number of amides is 1. The van der Waals surface area contributed by atoms with E-state index in [0.717, 1.165) is 23.7 Å². The molecule has 1 atom stereocenters. The third kappa shape index (κ3) is 4.33. The van der Waals surface area contributed by atoms with Crippen LogP contribution in [0.25, 0.3) is 0 Å². The predicted molar refractivity (Wildman–Crippen MR) is 77.1 cm³/mol. The molecule has 0 aliphatic heterocycles. The fraction of sp³-hybridized carbons (Fsp3) is 0.500. The van der Waals surface area contributed by atoms with E-state index in [9.17, 15) is 4.79 Å². The number of benzene rings is 1. The summed E-state index contributed by atoms with van der Waals surface area (Å²) in [5, 5.41) is 3.00. The molecule has 0 fully saturated rings. The number of methoxy groups -OCH3 is 1. The Morgan fingerprint density at radius 3 is 2.83 bits per heavy atom. The highest BCUT2D eigenvalue weighted by atomic mass is 79.9.